The Morgan fingerprint density at radius 1 is 1.35 bits per heavy atom. The van der Waals surface area contributed by atoms with Gasteiger partial charge < -0.3 is 11.1 Å². The summed E-state index contributed by atoms with van der Waals surface area (Å²) in [6, 6.07) is 8.17. The number of halogens is 1. The third kappa shape index (κ3) is 3.43. The molecule has 0 aliphatic heterocycles. The van der Waals surface area contributed by atoms with Gasteiger partial charge in [-0.2, -0.15) is 0 Å². The van der Waals surface area contributed by atoms with Gasteiger partial charge in [-0.25, -0.2) is 4.39 Å². The molecule has 0 aliphatic rings. The number of carbonyl (C=O) groups is 1. The van der Waals surface area contributed by atoms with E-state index in [4.69, 9.17) is 5.73 Å². The van der Waals surface area contributed by atoms with Crippen LogP contribution in [0.4, 0.5) is 4.39 Å². The molecule has 0 spiro atoms. The second-order valence-electron chi connectivity index (χ2n) is 4.53. The van der Waals surface area contributed by atoms with Crippen LogP contribution in [-0.4, -0.2) is 19.0 Å². The smallest absolute Gasteiger partial charge is 0.261 e. The van der Waals surface area contributed by atoms with Gasteiger partial charge in [0.1, 0.15) is 5.82 Å². The molecule has 0 atom stereocenters. The first kappa shape index (κ1) is 14.7. The number of benzene rings is 1. The zero-order chi connectivity index (χ0) is 14.5. The van der Waals surface area contributed by atoms with Crippen LogP contribution in [0.1, 0.15) is 21.7 Å². The van der Waals surface area contributed by atoms with Gasteiger partial charge in [-0.15, -0.1) is 11.3 Å². The number of nitrogens with two attached hydrogens (primary N) is 1. The van der Waals surface area contributed by atoms with Crippen molar-refractivity contribution in [3.05, 3.63) is 46.6 Å². The molecule has 1 aromatic carbocycles. The van der Waals surface area contributed by atoms with E-state index in [1.807, 2.05) is 13.0 Å². The predicted molar refractivity (Wildman–Crippen MR) is 80.5 cm³/mol. The molecule has 3 nitrogen and oxygen atoms in total. The van der Waals surface area contributed by atoms with Crippen LogP contribution in [-0.2, 0) is 0 Å². The Morgan fingerprint density at radius 2 is 2.05 bits per heavy atom. The van der Waals surface area contributed by atoms with Crippen molar-refractivity contribution in [1.82, 2.24) is 5.32 Å². The van der Waals surface area contributed by atoms with Gasteiger partial charge in [0.2, 0.25) is 0 Å². The van der Waals surface area contributed by atoms with Crippen LogP contribution in [0.25, 0.3) is 10.4 Å². The van der Waals surface area contributed by atoms with Gasteiger partial charge >= 0.3 is 0 Å². The highest BCUT2D eigenvalue weighted by atomic mass is 32.1. The molecule has 0 saturated heterocycles. The van der Waals surface area contributed by atoms with Gasteiger partial charge in [-0.05, 0) is 49.2 Å². The highest BCUT2D eigenvalue weighted by molar-refractivity contribution is 7.17. The highest BCUT2D eigenvalue weighted by Gasteiger charge is 2.13. The molecule has 5 heteroatoms. The number of aryl methyl sites for hydroxylation is 1. The van der Waals surface area contributed by atoms with Crippen LogP contribution < -0.4 is 11.1 Å². The Balaban J connectivity index is 2.17. The van der Waals surface area contributed by atoms with Crippen molar-refractivity contribution in [3.8, 4) is 10.4 Å². The fourth-order valence-corrected chi connectivity index (χ4v) is 2.97. The molecule has 20 heavy (non-hydrogen) atoms. The number of thiophene rings is 1. The number of amides is 1. The maximum Gasteiger partial charge on any atom is 0.261 e. The summed E-state index contributed by atoms with van der Waals surface area (Å²) < 4.78 is 12.9. The zero-order valence-electron chi connectivity index (χ0n) is 11.3. The zero-order valence-corrected chi connectivity index (χ0v) is 12.1. The second kappa shape index (κ2) is 6.63. The fraction of sp³-hybridized carbons (Fsp3) is 0.267. The third-order valence-corrected chi connectivity index (χ3v) is 4.20. The lowest BCUT2D eigenvalue weighted by Gasteiger charge is -2.01. The molecule has 0 radical (unpaired) electrons. The van der Waals surface area contributed by atoms with E-state index >= 15 is 0 Å². The van der Waals surface area contributed by atoms with Crippen LogP contribution in [0.15, 0.2) is 30.3 Å². The standard InChI is InChI=1S/C15H17FN2OS/c1-10-9-13(15(19)18-8-2-7-17)20-14(10)11-3-5-12(16)6-4-11/h3-6,9H,2,7-8,17H2,1H3,(H,18,19). The van der Waals surface area contributed by atoms with Crippen molar-refractivity contribution in [2.75, 3.05) is 13.1 Å². The molecule has 0 unspecified atom stereocenters. The van der Waals surface area contributed by atoms with Crippen LogP contribution in [0.3, 0.4) is 0 Å². The van der Waals surface area contributed by atoms with E-state index in [9.17, 15) is 9.18 Å². The number of carbonyl (C=O) groups excluding carboxylic acids is 1. The molecule has 0 fully saturated rings. The first-order valence-corrected chi connectivity index (χ1v) is 7.28. The monoisotopic (exact) mass is 292 g/mol. The number of nitrogens with one attached hydrogen (secondary N) is 1. The molecule has 2 aromatic rings. The van der Waals surface area contributed by atoms with E-state index in [2.05, 4.69) is 5.32 Å². The summed E-state index contributed by atoms with van der Waals surface area (Å²) >= 11 is 1.42. The summed E-state index contributed by atoms with van der Waals surface area (Å²) in [5.74, 6) is -0.345. The minimum absolute atomic E-state index is 0.0834. The van der Waals surface area contributed by atoms with Crippen molar-refractivity contribution < 1.29 is 9.18 Å². The van der Waals surface area contributed by atoms with Crippen molar-refractivity contribution in [2.24, 2.45) is 5.73 Å². The minimum Gasteiger partial charge on any atom is -0.351 e. The van der Waals surface area contributed by atoms with E-state index in [-0.39, 0.29) is 11.7 Å². The van der Waals surface area contributed by atoms with Gasteiger partial charge in [0, 0.05) is 11.4 Å². The van der Waals surface area contributed by atoms with Gasteiger partial charge in [0.15, 0.2) is 0 Å². The first-order valence-electron chi connectivity index (χ1n) is 6.46. The third-order valence-electron chi connectivity index (χ3n) is 2.91. The molecule has 1 amide bonds. The molecule has 1 heterocycles. The molecule has 3 N–H and O–H groups in total. The fourth-order valence-electron chi connectivity index (χ4n) is 1.87. The summed E-state index contributed by atoms with van der Waals surface area (Å²) in [7, 11) is 0. The molecule has 0 saturated carbocycles. The Bertz CT molecular complexity index is 592. The second-order valence-corrected chi connectivity index (χ2v) is 5.58. The van der Waals surface area contributed by atoms with Gasteiger partial charge in [0.25, 0.3) is 5.91 Å². The maximum absolute atomic E-state index is 12.9. The lowest BCUT2D eigenvalue weighted by Crippen LogP contribution is -2.25. The van der Waals surface area contributed by atoms with Crippen molar-refractivity contribution in [2.45, 2.75) is 13.3 Å². The van der Waals surface area contributed by atoms with Crippen LogP contribution in [0, 0.1) is 12.7 Å². The van der Waals surface area contributed by atoms with Crippen molar-refractivity contribution in [1.29, 1.82) is 0 Å². The molecular formula is C15H17FN2OS. The predicted octanol–water partition coefficient (Wildman–Crippen LogP) is 2.94. The highest BCUT2D eigenvalue weighted by Crippen LogP contribution is 2.32. The Kier molecular flexibility index (Phi) is 4.87. The largest absolute Gasteiger partial charge is 0.351 e. The lowest BCUT2D eigenvalue weighted by atomic mass is 10.1. The summed E-state index contributed by atoms with van der Waals surface area (Å²) in [6.45, 7) is 3.09. The van der Waals surface area contributed by atoms with Crippen LogP contribution in [0.2, 0.25) is 0 Å². The molecule has 106 valence electrons. The Hall–Kier alpha value is -1.72. The molecule has 1 aromatic heterocycles. The average Bonchev–Trinajstić information content (AvgIpc) is 2.82. The summed E-state index contributed by atoms with van der Waals surface area (Å²) in [4.78, 5) is 13.6. The molecule has 0 aliphatic carbocycles. The topological polar surface area (TPSA) is 55.1 Å². The van der Waals surface area contributed by atoms with E-state index < -0.39 is 0 Å². The summed E-state index contributed by atoms with van der Waals surface area (Å²) in [5, 5.41) is 2.83. The molecule has 0 bridgehead atoms. The average molecular weight is 292 g/mol. The van der Waals surface area contributed by atoms with E-state index in [1.165, 1.54) is 23.5 Å². The quantitative estimate of drug-likeness (QED) is 0.833. The maximum atomic E-state index is 12.9. The van der Waals surface area contributed by atoms with E-state index in [1.54, 1.807) is 12.1 Å². The summed E-state index contributed by atoms with van der Waals surface area (Å²) in [6.07, 6.45) is 0.765. The van der Waals surface area contributed by atoms with Crippen molar-refractivity contribution >= 4 is 17.2 Å². The normalized spacial score (nSPS) is 10.6. The Morgan fingerprint density at radius 3 is 2.70 bits per heavy atom. The Labute approximate surface area is 121 Å². The van der Waals surface area contributed by atoms with Gasteiger partial charge in [-0.1, -0.05) is 12.1 Å². The van der Waals surface area contributed by atoms with E-state index in [0.717, 1.165) is 22.4 Å². The molecular weight excluding hydrogens is 275 g/mol. The van der Waals surface area contributed by atoms with Crippen LogP contribution in [0.5, 0.6) is 0 Å². The number of hydrogen-bond acceptors (Lipinski definition) is 3. The van der Waals surface area contributed by atoms with Gasteiger partial charge in [0.05, 0.1) is 4.88 Å². The van der Waals surface area contributed by atoms with E-state index in [0.29, 0.717) is 18.0 Å². The summed E-state index contributed by atoms with van der Waals surface area (Å²) in [5.41, 5.74) is 7.34. The van der Waals surface area contributed by atoms with Crippen LogP contribution >= 0.6 is 11.3 Å². The minimum atomic E-state index is -0.261. The first-order chi connectivity index (χ1) is 9.61. The number of rotatable bonds is 5. The number of hydrogen-bond donors (Lipinski definition) is 2. The lowest BCUT2D eigenvalue weighted by molar-refractivity contribution is 0.0957. The van der Waals surface area contributed by atoms with Gasteiger partial charge in [-0.3, -0.25) is 4.79 Å². The SMILES string of the molecule is Cc1cc(C(=O)NCCCN)sc1-c1ccc(F)cc1. The van der Waals surface area contributed by atoms with Crippen molar-refractivity contribution in [3.63, 3.8) is 0 Å². The molecule has 2 rings (SSSR count).